The van der Waals surface area contributed by atoms with Gasteiger partial charge in [0.1, 0.15) is 5.82 Å². The van der Waals surface area contributed by atoms with Gasteiger partial charge in [0.2, 0.25) is 0 Å². The lowest BCUT2D eigenvalue weighted by atomic mass is 9.86. The SMILES string of the molecule is O=C(N[C@@H]1CCN(C(=O)O)C[C@H]1c1ccc(Cl)cc1)c1ccc(F)c(C(F)(F)F)c1. The average molecular weight is 445 g/mol. The summed E-state index contributed by atoms with van der Waals surface area (Å²) in [6.45, 7) is 0.251. The number of carboxylic acid groups (broad SMARTS) is 1. The molecule has 2 atom stereocenters. The largest absolute Gasteiger partial charge is 0.465 e. The Morgan fingerprint density at radius 2 is 1.80 bits per heavy atom. The maximum Gasteiger partial charge on any atom is 0.419 e. The topological polar surface area (TPSA) is 69.6 Å². The van der Waals surface area contributed by atoms with Crippen molar-refractivity contribution in [3.63, 3.8) is 0 Å². The zero-order valence-corrected chi connectivity index (χ0v) is 16.2. The Morgan fingerprint density at radius 3 is 2.40 bits per heavy atom. The molecule has 1 aliphatic heterocycles. The van der Waals surface area contributed by atoms with Crippen molar-refractivity contribution in [3.05, 3.63) is 70.0 Å². The van der Waals surface area contributed by atoms with Gasteiger partial charge in [0.05, 0.1) is 5.56 Å². The second-order valence-electron chi connectivity index (χ2n) is 6.95. The van der Waals surface area contributed by atoms with Gasteiger partial charge in [-0.05, 0) is 42.3 Å². The van der Waals surface area contributed by atoms with Crippen molar-refractivity contribution in [2.45, 2.75) is 24.6 Å². The van der Waals surface area contributed by atoms with Gasteiger partial charge in [-0.3, -0.25) is 4.79 Å². The first-order valence-corrected chi connectivity index (χ1v) is 9.35. The highest BCUT2D eigenvalue weighted by atomic mass is 35.5. The minimum absolute atomic E-state index is 0.0964. The normalized spacial score (nSPS) is 19.4. The number of carbonyl (C=O) groups is 2. The van der Waals surface area contributed by atoms with Gasteiger partial charge in [-0.15, -0.1) is 0 Å². The first-order valence-electron chi connectivity index (χ1n) is 8.97. The number of piperidine rings is 1. The van der Waals surface area contributed by atoms with Crippen LogP contribution in [0.25, 0.3) is 0 Å². The molecule has 0 aromatic heterocycles. The molecule has 0 spiro atoms. The van der Waals surface area contributed by atoms with E-state index < -0.39 is 41.5 Å². The summed E-state index contributed by atoms with van der Waals surface area (Å²) in [5, 5.41) is 12.5. The quantitative estimate of drug-likeness (QED) is 0.670. The van der Waals surface area contributed by atoms with Gasteiger partial charge in [-0.2, -0.15) is 13.2 Å². The van der Waals surface area contributed by atoms with Crippen LogP contribution in [0.15, 0.2) is 42.5 Å². The van der Waals surface area contributed by atoms with Crippen LogP contribution in [0.3, 0.4) is 0 Å². The van der Waals surface area contributed by atoms with Crippen LogP contribution in [0.2, 0.25) is 5.02 Å². The molecule has 0 saturated carbocycles. The molecule has 2 aromatic carbocycles. The Bertz CT molecular complexity index is 950. The number of likely N-dealkylation sites (tertiary alicyclic amines) is 1. The van der Waals surface area contributed by atoms with E-state index in [4.69, 9.17) is 11.6 Å². The summed E-state index contributed by atoms with van der Waals surface area (Å²) < 4.78 is 52.3. The molecule has 2 aromatic rings. The summed E-state index contributed by atoms with van der Waals surface area (Å²) in [5.41, 5.74) is -1.13. The molecule has 1 heterocycles. The van der Waals surface area contributed by atoms with E-state index in [1.807, 2.05) is 0 Å². The fraction of sp³-hybridized carbons (Fsp3) is 0.300. The Hall–Kier alpha value is -2.81. The Labute approximate surface area is 174 Å². The predicted octanol–water partition coefficient (Wildman–Crippen LogP) is 4.76. The smallest absolute Gasteiger partial charge is 0.419 e. The zero-order valence-electron chi connectivity index (χ0n) is 15.4. The molecule has 160 valence electrons. The van der Waals surface area contributed by atoms with Crippen molar-refractivity contribution in [2.75, 3.05) is 13.1 Å². The molecule has 0 aliphatic carbocycles. The van der Waals surface area contributed by atoms with Crippen LogP contribution >= 0.6 is 11.6 Å². The van der Waals surface area contributed by atoms with Crippen molar-refractivity contribution in [2.24, 2.45) is 0 Å². The maximum absolute atomic E-state index is 13.5. The van der Waals surface area contributed by atoms with Crippen LogP contribution in [0.4, 0.5) is 22.4 Å². The van der Waals surface area contributed by atoms with Crippen molar-refractivity contribution in [3.8, 4) is 0 Å². The molecule has 30 heavy (non-hydrogen) atoms. The number of benzene rings is 2. The third kappa shape index (κ3) is 4.84. The molecule has 5 nitrogen and oxygen atoms in total. The third-order valence-electron chi connectivity index (χ3n) is 5.03. The third-order valence-corrected chi connectivity index (χ3v) is 5.28. The number of halogens is 5. The lowest BCUT2D eigenvalue weighted by Gasteiger charge is -2.38. The zero-order chi connectivity index (χ0) is 22.1. The molecule has 0 bridgehead atoms. The monoisotopic (exact) mass is 444 g/mol. The number of nitrogens with one attached hydrogen (secondary N) is 1. The summed E-state index contributed by atoms with van der Waals surface area (Å²) in [4.78, 5) is 25.2. The first kappa shape index (κ1) is 21.9. The van der Waals surface area contributed by atoms with E-state index in [0.29, 0.717) is 17.2 Å². The summed E-state index contributed by atoms with van der Waals surface area (Å²) in [5.74, 6) is -2.69. The van der Waals surface area contributed by atoms with Gasteiger partial charge in [-0.25, -0.2) is 9.18 Å². The fourth-order valence-electron chi connectivity index (χ4n) is 3.48. The number of hydrogen-bond donors (Lipinski definition) is 2. The van der Waals surface area contributed by atoms with E-state index >= 15 is 0 Å². The minimum Gasteiger partial charge on any atom is -0.465 e. The number of amides is 2. The number of hydrogen-bond acceptors (Lipinski definition) is 2. The summed E-state index contributed by atoms with van der Waals surface area (Å²) in [7, 11) is 0. The highest BCUT2D eigenvalue weighted by molar-refractivity contribution is 6.30. The molecule has 1 aliphatic rings. The van der Waals surface area contributed by atoms with E-state index in [2.05, 4.69) is 5.32 Å². The number of carbonyl (C=O) groups excluding carboxylic acids is 1. The summed E-state index contributed by atoms with van der Waals surface area (Å²) in [6.07, 6.45) is -5.77. The van der Waals surface area contributed by atoms with E-state index in [9.17, 15) is 32.3 Å². The van der Waals surface area contributed by atoms with E-state index in [1.54, 1.807) is 24.3 Å². The number of rotatable bonds is 3. The van der Waals surface area contributed by atoms with Crippen LogP contribution in [-0.2, 0) is 6.18 Å². The van der Waals surface area contributed by atoms with Gasteiger partial charge in [0.25, 0.3) is 5.91 Å². The Balaban J connectivity index is 1.85. The van der Waals surface area contributed by atoms with E-state index in [-0.39, 0.29) is 25.1 Å². The van der Waals surface area contributed by atoms with Crippen molar-refractivity contribution in [1.82, 2.24) is 10.2 Å². The first-order chi connectivity index (χ1) is 14.1. The van der Waals surface area contributed by atoms with Crippen molar-refractivity contribution >= 4 is 23.6 Å². The van der Waals surface area contributed by atoms with Crippen LogP contribution in [0.1, 0.15) is 33.8 Å². The van der Waals surface area contributed by atoms with Gasteiger partial charge in [0.15, 0.2) is 0 Å². The van der Waals surface area contributed by atoms with Gasteiger partial charge in [0, 0.05) is 35.6 Å². The second-order valence-corrected chi connectivity index (χ2v) is 7.38. The molecule has 2 N–H and O–H groups in total. The van der Waals surface area contributed by atoms with E-state index in [1.165, 1.54) is 4.90 Å². The molecule has 10 heteroatoms. The van der Waals surface area contributed by atoms with Gasteiger partial charge in [-0.1, -0.05) is 23.7 Å². The Kier molecular flexibility index (Phi) is 6.21. The number of nitrogens with zero attached hydrogens (tertiary/aromatic N) is 1. The van der Waals surface area contributed by atoms with Gasteiger partial charge < -0.3 is 15.3 Å². The van der Waals surface area contributed by atoms with Gasteiger partial charge >= 0.3 is 12.3 Å². The minimum atomic E-state index is -4.93. The fourth-order valence-corrected chi connectivity index (χ4v) is 3.61. The molecular weight excluding hydrogens is 428 g/mol. The standard InChI is InChI=1S/C20H17ClF4N2O3/c21-13-4-1-11(2-5-13)14-10-27(19(29)30)8-7-17(14)26-18(28)12-3-6-16(22)15(9-12)20(23,24)25/h1-6,9,14,17H,7-8,10H2,(H,26,28)(H,29,30)/t14-,17+/m0/s1. The van der Waals surface area contributed by atoms with Crippen LogP contribution < -0.4 is 5.32 Å². The molecule has 2 amide bonds. The van der Waals surface area contributed by atoms with E-state index in [0.717, 1.165) is 11.6 Å². The highest BCUT2D eigenvalue weighted by Gasteiger charge is 2.36. The predicted molar refractivity (Wildman–Crippen MR) is 101 cm³/mol. The molecule has 1 fully saturated rings. The van der Waals surface area contributed by atoms with Crippen LogP contribution in [0, 0.1) is 5.82 Å². The average Bonchev–Trinajstić information content (AvgIpc) is 2.68. The lowest BCUT2D eigenvalue weighted by Crippen LogP contribution is -2.51. The molecular formula is C20H17ClF4N2O3. The molecule has 0 radical (unpaired) electrons. The lowest BCUT2D eigenvalue weighted by molar-refractivity contribution is -0.140. The summed E-state index contributed by atoms with van der Waals surface area (Å²) >= 11 is 5.90. The van der Waals surface area contributed by atoms with Crippen molar-refractivity contribution < 1.29 is 32.3 Å². The molecule has 3 rings (SSSR count). The second kappa shape index (κ2) is 8.51. The molecule has 1 saturated heterocycles. The molecule has 0 unspecified atom stereocenters. The highest BCUT2D eigenvalue weighted by Crippen LogP contribution is 2.32. The number of alkyl halides is 3. The maximum atomic E-state index is 13.5. The van der Waals surface area contributed by atoms with Crippen LogP contribution in [0.5, 0.6) is 0 Å². The van der Waals surface area contributed by atoms with Crippen molar-refractivity contribution in [1.29, 1.82) is 0 Å². The van der Waals surface area contributed by atoms with Crippen LogP contribution in [-0.4, -0.2) is 41.1 Å². The summed E-state index contributed by atoms with van der Waals surface area (Å²) in [6, 6.07) is 8.18. The Morgan fingerprint density at radius 1 is 1.13 bits per heavy atom.